The molecule has 0 spiro atoms. The second kappa shape index (κ2) is 7.05. The fourth-order valence-electron chi connectivity index (χ4n) is 3.42. The molecule has 3 heterocycles. The van der Waals surface area contributed by atoms with Crippen LogP contribution in [0.1, 0.15) is 16.1 Å². The predicted molar refractivity (Wildman–Crippen MR) is 108 cm³/mol. The summed E-state index contributed by atoms with van der Waals surface area (Å²) in [5.74, 6) is 0.124. The van der Waals surface area contributed by atoms with Gasteiger partial charge in [-0.05, 0) is 44.3 Å². The van der Waals surface area contributed by atoms with Gasteiger partial charge in [-0.3, -0.25) is 14.2 Å². The van der Waals surface area contributed by atoms with Gasteiger partial charge in [-0.1, -0.05) is 0 Å². The van der Waals surface area contributed by atoms with Crippen LogP contribution in [-0.2, 0) is 0 Å². The number of fused-ring (bicyclic) bond motifs is 1. The van der Waals surface area contributed by atoms with Gasteiger partial charge in [0.1, 0.15) is 0 Å². The molecule has 0 atom stereocenters. The number of hydrogen-bond donors (Lipinski definition) is 1. The number of piperazine rings is 1. The molecule has 28 heavy (non-hydrogen) atoms. The van der Waals surface area contributed by atoms with Gasteiger partial charge < -0.3 is 15.5 Å². The second-order valence-corrected chi connectivity index (χ2v) is 7.05. The molecule has 3 aromatic rings. The monoisotopic (exact) mass is 378 g/mol. The third-order valence-corrected chi connectivity index (χ3v) is 5.13. The number of amides is 1. The first-order valence-corrected chi connectivity index (χ1v) is 9.18. The topological polar surface area (TPSA) is 97.3 Å². The standard InChI is InChI=1S/C20H22N6O2/c1-13-16-7-8-17(27)26(15-5-3-14(4-6-15)18(21)28)19(16)23-20(22-13)25-11-9-24(2)10-12-25/h3-8H,9-12H2,1-2H3,(H2,21,28). The number of aromatic nitrogens is 3. The van der Waals surface area contributed by atoms with Crippen LogP contribution in [0.4, 0.5) is 5.95 Å². The third-order valence-electron chi connectivity index (χ3n) is 5.13. The Morgan fingerprint density at radius 1 is 1.00 bits per heavy atom. The minimum absolute atomic E-state index is 0.193. The highest BCUT2D eigenvalue weighted by Crippen LogP contribution is 2.21. The van der Waals surface area contributed by atoms with E-state index in [0.717, 1.165) is 37.3 Å². The minimum atomic E-state index is -0.507. The van der Waals surface area contributed by atoms with Crippen molar-refractivity contribution in [1.82, 2.24) is 19.4 Å². The van der Waals surface area contributed by atoms with Crippen molar-refractivity contribution in [3.63, 3.8) is 0 Å². The molecule has 2 aromatic heterocycles. The van der Waals surface area contributed by atoms with Gasteiger partial charge >= 0.3 is 0 Å². The van der Waals surface area contributed by atoms with Gasteiger partial charge in [0.2, 0.25) is 11.9 Å². The second-order valence-electron chi connectivity index (χ2n) is 7.05. The number of hydrogen-bond acceptors (Lipinski definition) is 6. The molecule has 1 aromatic carbocycles. The number of nitrogens with zero attached hydrogens (tertiary/aromatic N) is 5. The average molecular weight is 378 g/mol. The number of pyridine rings is 1. The highest BCUT2D eigenvalue weighted by atomic mass is 16.1. The van der Waals surface area contributed by atoms with Crippen molar-refractivity contribution in [3.8, 4) is 5.69 Å². The van der Waals surface area contributed by atoms with E-state index in [0.29, 0.717) is 22.8 Å². The Hall–Kier alpha value is -3.26. The zero-order valence-electron chi connectivity index (χ0n) is 15.9. The lowest BCUT2D eigenvalue weighted by molar-refractivity contribution is 0.100. The summed E-state index contributed by atoms with van der Waals surface area (Å²) < 4.78 is 1.55. The first-order valence-electron chi connectivity index (χ1n) is 9.18. The average Bonchev–Trinajstić information content (AvgIpc) is 2.68. The third kappa shape index (κ3) is 3.22. The van der Waals surface area contributed by atoms with Gasteiger partial charge in [0.15, 0.2) is 5.65 Å². The van der Waals surface area contributed by atoms with Gasteiger partial charge in [0.05, 0.1) is 11.4 Å². The Balaban J connectivity index is 1.87. The number of aryl methyl sites for hydroxylation is 1. The molecular weight excluding hydrogens is 356 g/mol. The van der Waals surface area contributed by atoms with E-state index in [4.69, 9.17) is 10.7 Å². The fourth-order valence-corrected chi connectivity index (χ4v) is 3.42. The Morgan fingerprint density at radius 3 is 2.32 bits per heavy atom. The number of benzene rings is 1. The zero-order valence-corrected chi connectivity index (χ0v) is 15.9. The SMILES string of the molecule is Cc1nc(N2CCN(C)CC2)nc2c1ccc(=O)n2-c1ccc(C(N)=O)cc1. The van der Waals surface area contributed by atoms with Crippen LogP contribution in [0.3, 0.4) is 0 Å². The van der Waals surface area contributed by atoms with Crippen molar-refractivity contribution in [3.05, 3.63) is 58.0 Å². The van der Waals surface area contributed by atoms with Crippen molar-refractivity contribution >= 4 is 22.9 Å². The number of anilines is 1. The summed E-state index contributed by atoms with van der Waals surface area (Å²) in [6, 6.07) is 9.89. The molecule has 144 valence electrons. The summed E-state index contributed by atoms with van der Waals surface area (Å²) >= 11 is 0. The van der Waals surface area contributed by atoms with Gasteiger partial charge in [-0.2, -0.15) is 4.98 Å². The minimum Gasteiger partial charge on any atom is -0.366 e. The van der Waals surface area contributed by atoms with Crippen LogP contribution in [-0.4, -0.2) is 58.6 Å². The van der Waals surface area contributed by atoms with Gasteiger partial charge in [0.25, 0.3) is 5.56 Å². The van der Waals surface area contributed by atoms with E-state index >= 15 is 0 Å². The maximum atomic E-state index is 12.7. The highest BCUT2D eigenvalue weighted by molar-refractivity contribution is 5.93. The van der Waals surface area contributed by atoms with Crippen molar-refractivity contribution in [1.29, 1.82) is 0 Å². The number of primary amides is 1. The number of carbonyl (C=O) groups excluding carboxylic acids is 1. The van der Waals surface area contributed by atoms with E-state index in [9.17, 15) is 9.59 Å². The van der Waals surface area contributed by atoms with E-state index in [2.05, 4.69) is 21.8 Å². The summed E-state index contributed by atoms with van der Waals surface area (Å²) in [5.41, 5.74) is 7.52. The van der Waals surface area contributed by atoms with Crippen LogP contribution in [0.5, 0.6) is 0 Å². The molecular formula is C20H22N6O2. The van der Waals surface area contributed by atoms with Gasteiger partial charge in [-0.25, -0.2) is 4.98 Å². The maximum absolute atomic E-state index is 12.7. The van der Waals surface area contributed by atoms with E-state index in [-0.39, 0.29) is 5.56 Å². The largest absolute Gasteiger partial charge is 0.366 e. The molecule has 0 aliphatic carbocycles. The van der Waals surface area contributed by atoms with Crippen LogP contribution in [0.15, 0.2) is 41.2 Å². The predicted octanol–water partition coefficient (Wildman–Crippen LogP) is 0.940. The molecule has 1 aliphatic rings. The van der Waals surface area contributed by atoms with Gasteiger partial charge in [-0.15, -0.1) is 0 Å². The van der Waals surface area contributed by atoms with Crippen molar-refractivity contribution < 1.29 is 4.79 Å². The molecule has 8 heteroatoms. The molecule has 1 amide bonds. The molecule has 0 unspecified atom stereocenters. The summed E-state index contributed by atoms with van der Waals surface area (Å²) in [6.45, 7) is 5.49. The lowest BCUT2D eigenvalue weighted by Gasteiger charge is -2.32. The van der Waals surface area contributed by atoms with Crippen molar-refractivity contribution in [2.45, 2.75) is 6.92 Å². The summed E-state index contributed by atoms with van der Waals surface area (Å²) in [7, 11) is 2.09. The molecule has 0 radical (unpaired) electrons. The molecule has 2 N–H and O–H groups in total. The lowest BCUT2D eigenvalue weighted by Crippen LogP contribution is -2.45. The molecule has 0 bridgehead atoms. The van der Waals surface area contributed by atoms with Crippen molar-refractivity contribution in [2.75, 3.05) is 38.1 Å². The smallest absolute Gasteiger partial charge is 0.256 e. The van der Waals surface area contributed by atoms with Crippen LogP contribution >= 0.6 is 0 Å². The van der Waals surface area contributed by atoms with Crippen molar-refractivity contribution in [2.24, 2.45) is 5.73 Å². The van der Waals surface area contributed by atoms with Crippen LogP contribution in [0, 0.1) is 6.92 Å². The summed E-state index contributed by atoms with van der Waals surface area (Å²) in [5, 5.41) is 0.816. The van der Waals surface area contributed by atoms with Crippen LogP contribution in [0.25, 0.3) is 16.7 Å². The van der Waals surface area contributed by atoms with E-state index in [1.54, 1.807) is 34.9 Å². The molecule has 1 saturated heterocycles. The summed E-state index contributed by atoms with van der Waals surface area (Å²) in [6.07, 6.45) is 0. The number of likely N-dealkylation sites (N-methyl/N-ethyl adjacent to an activating group) is 1. The molecule has 1 fully saturated rings. The Kier molecular flexibility index (Phi) is 4.56. The molecule has 8 nitrogen and oxygen atoms in total. The van der Waals surface area contributed by atoms with Crippen LogP contribution in [0.2, 0.25) is 0 Å². The Bertz CT molecular complexity index is 1100. The highest BCUT2D eigenvalue weighted by Gasteiger charge is 2.19. The summed E-state index contributed by atoms with van der Waals surface area (Å²) in [4.78, 5) is 37.9. The molecule has 0 saturated carbocycles. The quantitative estimate of drug-likeness (QED) is 0.729. The maximum Gasteiger partial charge on any atom is 0.256 e. The van der Waals surface area contributed by atoms with E-state index in [1.165, 1.54) is 6.07 Å². The first-order chi connectivity index (χ1) is 13.4. The number of carbonyl (C=O) groups is 1. The Labute approximate surface area is 162 Å². The molecule has 4 rings (SSSR count). The van der Waals surface area contributed by atoms with E-state index < -0.39 is 5.91 Å². The molecule has 1 aliphatic heterocycles. The lowest BCUT2D eigenvalue weighted by atomic mass is 10.2. The normalized spacial score (nSPS) is 15.1. The number of nitrogens with two attached hydrogens (primary N) is 1. The zero-order chi connectivity index (χ0) is 19.8. The van der Waals surface area contributed by atoms with Gasteiger partial charge in [0, 0.05) is 43.2 Å². The fraction of sp³-hybridized carbons (Fsp3) is 0.300. The van der Waals surface area contributed by atoms with E-state index in [1.807, 2.05) is 6.92 Å². The number of rotatable bonds is 3. The van der Waals surface area contributed by atoms with Crippen LogP contribution < -0.4 is 16.2 Å². The Morgan fingerprint density at radius 2 is 1.68 bits per heavy atom. The first kappa shape index (κ1) is 18.1.